The minimum atomic E-state index is 0.0292. The van der Waals surface area contributed by atoms with E-state index >= 15 is 0 Å². The maximum absolute atomic E-state index is 12.8. The lowest BCUT2D eigenvalue weighted by Crippen LogP contribution is -2.38. The third kappa shape index (κ3) is 5.05. The van der Waals surface area contributed by atoms with Gasteiger partial charge in [-0.05, 0) is 49.1 Å². The fourth-order valence-corrected chi connectivity index (χ4v) is 5.35. The van der Waals surface area contributed by atoms with Crippen molar-refractivity contribution in [2.45, 2.75) is 19.3 Å². The van der Waals surface area contributed by atoms with Crippen LogP contribution in [-0.4, -0.2) is 74.8 Å². The van der Waals surface area contributed by atoms with Gasteiger partial charge in [0.2, 0.25) is 5.91 Å². The van der Waals surface area contributed by atoms with Gasteiger partial charge in [0.15, 0.2) is 5.65 Å². The quantitative estimate of drug-likeness (QED) is 0.617. The highest BCUT2D eigenvalue weighted by molar-refractivity contribution is 7.99. The van der Waals surface area contributed by atoms with Gasteiger partial charge < -0.3 is 15.1 Å². The second-order valence-corrected chi connectivity index (χ2v) is 9.70. The molecule has 2 fully saturated rings. The number of amides is 1. The van der Waals surface area contributed by atoms with Crippen molar-refractivity contribution >= 4 is 34.8 Å². The number of piperidine rings is 1. The van der Waals surface area contributed by atoms with E-state index in [2.05, 4.69) is 42.5 Å². The van der Waals surface area contributed by atoms with Crippen LogP contribution in [-0.2, 0) is 11.2 Å². The molecule has 2 aliphatic rings. The van der Waals surface area contributed by atoms with E-state index in [9.17, 15) is 4.79 Å². The molecule has 0 spiro atoms. The summed E-state index contributed by atoms with van der Waals surface area (Å²) in [6.45, 7) is 5.13. The highest BCUT2D eigenvalue weighted by Gasteiger charge is 2.26. The molecular weight excluding hydrogens is 422 g/mol. The van der Waals surface area contributed by atoms with Crippen molar-refractivity contribution in [3.8, 4) is 0 Å². The Morgan fingerprint density at radius 2 is 1.81 bits per heavy atom. The molecule has 168 valence electrons. The summed E-state index contributed by atoms with van der Waals surface area (Å²) in [5, 5.41) is 15.5. The molecule has 0 atom stereocenters. The number of nitrogens with zero attached hydrogens (tertiary/aromatic N) is 6. The van der Waals surface area contributed by atoms with Crippen LogP contribution in [0.15, 0.2) is 42.7 Å². The maximum Gasteiger partial charge on any atom is 0.227 e. The van der Waals surface area contributed by atoms with Crippen molar-refractivity contribution < 1.29 is 4.79 Å². The van der Waals surface area contributed by atoms with Gasteiger partial charge in [-0.25, -0.2) is 0 Å². The maximum atomic E-state index is 12.8. The summed E-state index contributed by atoms with van der Waals surface area (Å²) in [6, 6.07) is 12.2. The molecule has 8 nitrogen and oxygen atoms in total. The first-order valence-corrected chi connectivity index (χ1v) is 12.5. The molecule has 1 N–H and O–H groups in total. The van der Waals surface area contributed by atoms with Crippen LogP contribution in [0, 0.1) is 5.92 Å². The van der Waals surface area contributed by atoms with Crippen molar-refractivity contribution in [3.63, 3.8) is 0 Å². The summed E-state index contributed by atoms with van der Waals surface area (Å²) in [5.41, 5.74) is 2.95. The number of hydrogen-bond donors (Lipinski definition) is 1. The topological polar surface area (TPSA) is 78.7 Å². The number of aromatic nitrogens is 4. The van der Waals surface area contributed by atoms with Crippen LogP contribution in [0.1, 0.15) is 18.4 Å². The SMILES string of the molecule is O=C(Nc1ccc(CCN2CCSCC2)cc1)C1CCN(c2ccc3nncn3n2)CC1. The molecule has 9 heteroatoms. The van der Waals surface area contributed by atoms with E-state index in [-0.39, 0.29) is 11.8 Å². The number of hydrogen-bond acceptors (Lipinski definition) is 7. The Hall–Kier alpha value is -2.65. The standard InChI is InChI=1S/C23H29N7OS/c31-23(25-20-3-1-18(2-4-20)7-10-28-13-15-32-16-14-28)19-8-11-29(12-9-19)22-6-5-21-26-24-17-30(21)27-22/h1-6,17,19H,7-16H2,(H,25,31). The van der Waals surface area contributed by atoms with E-state index in [0.717, 1.165) is 56.0 Å². The zero-order valence-electron chi connectivity index (χ0n) is 18.2. The smallest absolute Gasteiger partial charge is 0.227 e. The second kappa shape index (κ2) is 9.87. The van der Waals surface area contributed by atoms with Gasteiger partial charge in [-0.1, -0.05) is 12.1 Å². The molecule has 0 unspecified atom stereocenters. The van der Waals surface area contributed by atoms with Crippen LogP contribution in [0.4, 0.5) is 11.5 Å². The third-order valence-corrected chi connectivity index (χ3v) is 7.32. The summed E-state index contributed by atoms with van der Waals surface area (Å²) >= 11 is 2.05. The number of nitrogens with one attached hydrogen (secondary N) is 1. The Bertz CT molecular complexity index is 1040. The van der Waals surface area contributed by atoms with Gasteiger partial charge in [0, 0.05) is 55.8 Å². The van der Waals surface area contributed by atoms with Crippen molar-refractivity contribution in [2.24, 2.45) is 5.92 Å². The van der Waals surface area contributed by atoms with Crippen LogP contribution in [0.3, 0.4) is 0 Å². The van der Waals surface area contributed by atoms with E-state index in [4.69, 9.17) is 0 Å². The van der Waals surface area contributed by atoms with Crippen LogP contribution >= 0.6 is 11.8 Å². The molecule has 2 aromatic heterocycles. The average molecular weight is 452 g/mol. The molecule has 0 saturated carbocycles. The van der Waals surface area contributed by atoms with E-state index in [1.807, 2.05) is 36.0 Å². The Labute approximate surface area is 192 Å². The summed E-state index contributed by atoms with van der Waals surface area (Å²) in [7, 11) is 0. The highest BCUT2D eigenvalue weighted by Crippen LogP contribution is 2.23. The van der Waals surface area contributed by atoms with Gasteiger partial charge in [-0.3, -0.25) is 4.79 Å². The van der Waals surface area contributed by atoms with E-state index in [1.54, 1.807) is 10.8 Å². The van der Waals surface area contributed by atoms with Crippen LogP contribution in [0.5, 0.6) is 0 Å². The Balaban J connectivity index is 1.09. The lowest BCUT2D eigenvalue weighted by atomic mass is 9.95. The first-order chi connectivity index (χ1) is 15.7. The fraction of sp³-hybridized carbons (Fsp3) is 0.478. The van der Waals surface area contributed by atoms with Crippen molar-refractivity contribution in [1.29, 1.82) is 0 Å². The molecular formula is C23H29N7OS. The number of carbonyl (C=O) groups excluding carboxylic acids is 1. The molecule has 0 bridgehead atoms. The van der Waals surface area contributed by atoms with Crippen LogP contribution in [0.25, 0.3) is 5.65 Å². The fourth-order valence-electron chi connectivity index (χ4n) is 4.37. The largest absolute Gasteiger partial charge is 0.355 e. The number of carbonyl (C=O) groups is 1. The lowest BCUT2D eigenvalue weighted by molar-refractivity contribution is -0.120. The Morgan fingerprint density at radius 1 is 1.03 bits per heavy atom. The van der Waals surface area contributed by atoms with Crippen molar-refractivity contribution in [1.82, 2.24) is 24.7 Å². The molecule has 5 rings (SSSR count). The number of anilines is 2. The van der Waals surface area contributed by atoms with Crippen molar-refractivity contribution in [3.05, 3.63) is 48.3 Å². The van der Waals surface area contributed by atoms with E-state index in [1.165, 1.54) is 30.2 Å². The van der Waals surface area contributed by atoms with Crippen LogP contribution in [0.2, 0.25) is 0 Å². The first kappa shape index (κ1) is 21.2. The summed E-state index contributed by atoms with van der Waals surface area (Å²) in [6.07, 6.45) is 4.31. The molecule has 2 aliphatic heterocycles. The van der Waals surface area contributed by atoms with Crippen LogP contribution < -0.4 is 10.2 Å². The minimum absolute atomic E-state index is 0.0292. The summed E-state index contributed by atoms with van der Waals surface area (Å²) in [5.74, 6) is 3.54. The number of thioether (sulfide) groups is 1. The van der Waals surface area contributed by atoms with Gasteiger partial charge in [0.25, 0.3) is 0 Å². The molecule has 1 amide bonds. The predicted octanol–water partition coefficient (Wildman–Crippen LogP) is 2.57. The zero-order valence-corrected chi connectivity index (χ0v) is 19.0. The van der Waals surface area contributed by atoms with Gasteiger partial charge in [-0.15, -0.1) is 15.3 Å². The monoisotopic (exact) mass is 451 g/mol. The summed E-state index contributed by atoms with van der Waals surface area (Å²) in [4.78, 5) is 17.6. The van der Waals surface area contributed by atoms with Gasteiger partial charge in [-0.2, -0.15) is 16.3 Å². The first-order valence-electron chi connectivity index (χ1n) is 11.4. The molecule has 0 aliphatic carbocycles. The Morgan fingerprint density at radius 3 is 2.59 bits per heavy atom. The molecule has 0 radical (unpaired) electrons. The van der Waals surface area contributed by atoms with Gasteiger partial charge in [0.1, 0.15) is 12.1 Å². The molecule has 1 aromatic carbocycles. The van der Waals surface area contributed by atoms with Gasteiger partial charge >= 0.3 is 0 Å². The minimum Gasteiger partial charge on any atom is -0.355 e. The van der Waals surface area contributed by atoms with E-state index < -0.39 is 0 Å². The normalized spacial score (nSPS) is 18.2. The van der Waals surface area contributed by atoms with E-state index in [0.29, 0.717) is 0 Å². The van der Waals surface area contributed by atoms with Crippen molar-refractivity contribution in [2.75, 3.05) is 54.4 Å². The molecule has 2 saturated heterocycles. The number of benzene rings is 1. The molecule has 3 aromatic rings. The highest BCUT2D eigenvalue weighted by atomic mass is 32.2. The summed E-state index contributed by atoms with van der Waals surface area (Å²) < 4.78 is 1.68. The third-order valence-electron chi connectivity index (χ3n) is 6.38. The zero-order chi connectivity index (χ0) is 21.8. The number of rotatable bonds is 6. The lowest BCUT2D eigenvalue weighted by Gasteiger charge is -2.32. The molecule has 32 heavy (non-hydrogen) atoms. The second-order valence-electron chi connectivity index (χ2n) is 8.48. The predicted molar refractivity (Wildman–Crippen MR) is 128 cm³/mol. The number of fused-ring (bicyclic) bond motifs is 1. The van der Waals surface area contributed by atoms with Gasteiger partial charge in [0.05, 0.1) is 0 Å². The average Bonchev–Trinajstić information content (AvgIpc) is 3.32. The Kier molecular flexibility index (Phi) is 6.54. The molecule has 4 heterocycles.